The van der Waals surface area contributed by atoms with Gasteiger partial charge in [-0.05, 0) is 78.4 Å². The highest BCUT2D eigenvalue weighted by Crippen LogP contribution is 2.65. The van der Waals surface area contributed by atoms with E-state index in [0.29, 0.717) is 26.1 Å². The lowest BCUT2D eigenvalue weighted by molar-refractivity contribution is -0.157. The number of halogens is 1. The number of nitrogens with one attached hydrogen (secondary N) is 1. The number of amidine groups is 1. The Morgan fingerprint density at radius 2 is 1.95 bits per heavy atom. The first-order valence-corrected chi connectivity index (χ1v) is 15.8. The Balaban J connectivity index is 1.45. The first-order valence-electron chi connectivity index (χ1n) is 13.8. The number of carbonyl (C=O) groups is 2. The van der Waals surface area contributed by atoms with Crippen molar-refractivity contribution in [1.29, 1.82) is 0 Å². The van der Waals surface area contributed by atoms with Crippen molar-refractivity contribution in [3.05, 3.63) is 74.0 Å². The van der Waals surface area contributed by atoms with Gasteiger partial charge in [-0.15, -0.1) is 0 Å². The molecule has 2 aromatic carbocycles. The van der Waals surface area contributed by atoms with Crippen LogP contribution in [0.4, 0.5) is 5.13 Å². The summed E-state index contributed by atoms with van der Waals surface area (Å²) in [5.41, 5.74) is 4.43. The van der Waals surface area contributed by atoms with Gasteiger partial charge in [0, 0.05) is 26.8 Å². The molecule has 6 nitrogen and oxygen atoms in total. The Morgan fingerprint density at radius 1 is 1.20 bits per heavy atom. The number of esters is 1. The third-order valence-electron chi connectivity index (χ3n) is 8.82. The summed E-state index contributed by atoms with van der Waals surface area (Å²) >= 11 is 8.82. The standard InChI is InChI=1S/C32H32ClN3O3S2/c1-17(2)19-9-12-22-21(16-19)24-25(26-31(22,3)13-6-14-32(26,4)28(38)39-5)41-29(34-24)36-30-35-27(37)23(40-30)15-18-7-10-20(33)11-8-18/h7-12,15-17,26H,6,13-14H2,1-5H3,(H,34,35,36,37)/b23-15-/t26?,31-,32-/m1/s1. The molecule has 3 aliphatic rings. The van der Waals surface area contributed by atoms with Crippen LogP contribution in [0.3, 0.4) is 0 Å². The zero-order chi connectivity index (χ0) is 29.1. The highest BCUT2D eigenvalue weighted by Gasteiger charge is 2.58. The number of hydrogen-bond acceptors (Lipinski definition) is 7. The van der Waals surface area contributed by atoms with E-state index in [2.05, 4.69) is 44.3 Å². The summed E-state index contributed by atoms with van der Waals surface area (Å²) in [6.45, 7) is 8.72. The molecule has 212 valence electrons. The number of amides is 1. The van der Waals surface area contributed by atoms with Gasteiger partial charge in [0.15, 0.2) is 5.17 Å². The maximum atomic E-state index is 13.3. The number of nitrogens with zero attached hydrogens (tertiary/aromatic N) is 2. The van der Waals surface area contributed by atoms with Gasteiger partial charge >= 0.3 is 5.97 Å². The van der Waals surface area contributed by atoms with E-state index in [-0.39, 0.29) is 23.2 Å². The fourth-order valence-corrected chi connectivity index (χ4v) is 9.15. The number of aromatic nitrogens is 1. The number of ether oxygens (including phenoxy) is 1. The molecule has 1 saturated heterocycles. The molecule has 1 saturated carbocycles. The first-order chi connectivity index (χ1) is 19.5. The number of aliphatic imine (C=N–C) groups is 1. The number of fused-ring (bicyclic) bond motifs is 6. The van der Waals surface area contributed by atoms with Crippen LogP contribution >= 0.6 is 34.7 Å². The molecule has 2 fully saturated rings. The number of thioether (sulfide) groups is 1. The summed E-state index contributed by atoms with van der Waals surface area (Å²) in [7, 11) is 1.48. The van der Waals surface area contributed by atoms with Crippen LogP contribution in [0, 0.1) is 5.41 Å². The van der Waals surface area contributed by atoms with Gasteiger partial charge in [0.2, 0.25) is 5.13 Å². The maximum absolute atomic E-state index is 13.3. The molecule has 41 heavy (non-hydrogen) atoms. The van der Waals surface area contributed by atoms with Crippen molar-refractivity contribution >= 4 is 63.0 Å². The van der Waals surface area contributed by atoms with Crippen molar-refractivity contribution < 1.29 is 14.3 Å². The van der Waals surface area contributed by atoms with E-state index < -0.39 is 5.41 Å². The van der Waals surface area contributed by atoms with Gasteiger partial charge in [0.05, 0.1) is 23.1 Å². The van der Waals surface area contributed by atoms with Gasteiger partial charge in [-0.3, -0.25) is 9.59 Å². The molecule has 0 radical (unpaired) electrons. The average Bonchev–Trinajstić information content (AvgIpc) is 3.51. The Labute approximate surface area is 253 Å². The molecule has 1 aromatic heterocycles. The van der Waals surface area contributed by atoms with Crippen LogP contribution in [0.15, 0.2) is 52.4 Å². The van der Waals surface area contributed by atoms with Crippen LogP contribution in [0.2, 0.25) is 5.02 Å². The second-order valence-corrected chi connectivity index (χ2v) is 14.3. The monoisotopic (exact) mass is 605 g/mol. The molecule has 1 amide bonds. The van der Waals surface area contributed by atoms with Crippen molar-refractivity contribution in [2.24, 2.45) is 10.4 Å². The minimum absolute atomic E-state index is 0.0961. The van der Waals surface area contributed by atoms with E-state index in [1.807, 2.05) is 25.1 Å². The molecular weight excluding hydrogens is 574 g/mol. The molecule has 3 aromatic rings. The van der Waals surface area contributed by atoms with Gasteiger partial charge in [-0.25, -0.2) is 4.98 Å². The van der Waals surface area contributed by atoms with Crippen LogP contribution in [0.5, 0.6) is 0 Å². The predicted molar refractivity (Wildman–Crippen MR) is 168 cm³/mol. The normalized spacial score (nSPS) is 27.0. The molecule has 6 rings (SSSR count). The molecule has 1 aliphatic heterocycles. The smallest absolute Gasteiger partial charge is 0.312 e. The van der Waals surface area contributed by atoms with E-state index in [0.717, 1.165) is 41.0 Å². The summed E-state index contributed by atoms with van der Waals surface area (Å²) < 4.78 is 5.39. The van der Waals surface area contributed by atoms with E-state index in [9.17, 15) is 9.59 Å². The molecule has 3 atom stereocenters. The van der Waals surface area contributed by atoms with Crippen molar-refractivity contribution in [1.82, 2.24) is 10.3 Å². The number of thiazole rings is 1. The van der Waals surface area contributed by atoms with Crippen molar-refractivity contribution in [3.63, 3.8) is 0 Å². The third kappa shape index (κ3) is 4.74. The Bertz CT molecular complexity index is 1630. The van der Waals surface area contributed by atoms with Gasteiger partial charge in [-0.1, -0.05) is 74.4 Å². The van der Waals surface area contributed by atoms with Gasteiger partial charge in [0.1, 0.15) is 0 Å². The molecule has 2 heterocycles. The van der Waals surface area contributed by atoms with Crippen LogP contribution < -0.4 is 5.32 Å². The second-order valence-electron chi connectivity index (χ2n) is 11.8. The number of hydrogen-bond donors (Lipinski definition) is 1. The van der Waals surface area contributed by atoms with E-state index in [1.54, 1.807) is 12.1 Å². The second kappa shape index (κ2) is 10.4. The SMILES string of the molecule is COC(=O)[C@]1(C)CCC[C@]2(C)c3ccc(C(C)C)cc3-c3nc(/N=C4\NC(=O)/C(=C/c5ccc(Cl)cc5)S4)sc3C12. The zero-order valence-electron chi connectivity index (χ0n) is 23.7. The lowest BCUT2D eigenvalue weighted by Gasteiger charge is -2.53. The predicted octanol–water partition coefficient (Wildman–Crippen LogP) is 8.20. The zero-order valence-corrected chi connectivity index (χ0v) is 26.1. The third-order valence-corrected chi connectivity index (χ3v) is 11.0. The van der Waals surface area contributed by atoms with Crippen molar-refractivity contribution in [2.75, 3.05) is 7.11 Å². The van der Waals surface area contributed by atoms with Crippen molar-refractivity contribution in [3.8, 4) is 11.3 Å². The van der Waals surface area contributed by atoms with Crippen LogP contribution in [0.1, 0.15) is 80.4 Å². The van der Waals surface area contributed by atoms with Gasteiger partial charge in [-0.2, -0.15) is 4.99 Å². The number of carbonyl (C=O) groups excluding carboxylic acids is 2. The minimum Gasteiger partial charge on any atom is -0.469 e. The fourth-order valence-electron chi connectivity index (χ4n) is 6.79. The highest BCUT2D eigenvalue weighted by molar-refractivity contribution is 8.18. The summed E-state index contributed by atoms with van der Waals surface area (Å²) in [5, 5.41) is 4.58. The molecule has 1 unspecified atom stereocenters. The lowest BCUT2D eigenvalue weighted by atomic mass is 9.50. The van der Waals surface area contributed by atoms with E-state index in [4.69, 9.17) is 26.3 Å². The summed E-state index contributed by atoms with van der Waals surface area (Å²) in [4.78, 5) is 37.6. The Hall–Kier alpha value is -2.94. The molecule has 0 bridgehead atoms. The summed E-state index contributed by atoms with van der Waals surface area (Å²) in [6, 6.07) is 14.1. The van der Waals surface area contributed by atoms with Crippen LogP contribution in [-0.4, -0.2) is 29.1 Å². The van der Waals surface area contributed by atoms with Crippen LogP contribution in [0.25, 0.3) is 17.3 Å². The largest absolute Gasteiger partial charge is 0.469 e. The highest BCUT2D eigenvalue weighted by atomic mass is 35.5. The molecule has 9 heteroatoms. The topological polar surface area (TPSA) is 80.7 Å². The Morgan fingerprint density at radius 3 is 2.66 bits per heavy atom. The lowest BCUT2D eigenvalue weighted by Crippen LogP contribution is -2.50. The first kappa shape index (κ1) is 28.2. The molecular formula is C32H32ClN3O3S2. The van der Waals surface area contributed by atoms with E-state index >= 15 is 0 Å². The van der Waals surface area contributed by atoms with Gasteiger partial charge in [0.25, 0.3) is 5.91 Å². The number of methoxy groups -OCH3 is 1. The van der Waals surface area contributed by atoms with Crippen LogP contribution in [-0.2, 0) is 19.7 Å². The molecule has 1 N–H and O–H groups in total. The number of rotatable bonds is 4. The van der Waals surface area contributed by atoms with Crippen molar-refractivity contribution in [2.45, 2.75) is 64.2 Å². The fraction of sp³-hybridized carbons (Fsp3) is 0.375. The molecule has 0 spiro atoms. The number of benzene rings is 2. The minimum atomic E-state index is -0.688. The van der Waals surface area contributed by atoms with Gasteiger partial charge < -0.3 is 10.1 Å². The summed E-state index contributed by atoms with van der Waals surface area (Å²) in [5.74, 6) is -0.106. The Kier molecular flexibility index (Phi) is 7.15. The average molecular weight is 606 g/mol. The summed E-state index contributed by atoms with van der Waals surface area (Å²) in [6.07, 6.45) is 4.50. The molecule has 2 aliphatic carbocycles. The quantitative estimate of drug-likeness (QED) is 0.239. The maximum Gasteiger partial charge on any atom is 0.312 e. The van der Waals surface area contributed by atoms with E-state index in [1.165, 1.54) is 41.3 Å².